The van der Waals surface area contributed by atoms with Crippen molar-refractivity contribution in [2.24, 2.45) is 0 Å². The van der Waals surface area contributed by atoms with E-state index in [2.05, 4.69) is 0 Å². The topological polar surface area (TPSA) is 64.3 Å². The van der Waals surface area contributed by atoms with E-state index >= 15 is 0 Å². The SMILES string of the molecule is CCCC(O)[C@H](O)C(C)=N. The lowest BCUT2D eigenvalue weighted by Crippen LogP contribution is -2.31. The van der Waals surface area contributed by atoms with Crippen LogP contribution in [-0.4, -0.2) is 28.1 Å². The lowest BCUT2D eigenvalue weighted by atomic mass is 10.1. The van der Waals surface area contributed by atoms with Gasteiger partial charge in [-0.2, -0.15) is 0 Å². The van der Waals surface area contributed by atoms with Gasteiger partial charge >= 0.3 is 0 Å². The standard InChI is InChI=1S/C7H15NO2/c1-3-4-6(9)7(10)5(2)8/h6-10H,3-4H2,1-2H3/t6?,7-/m1/s1. The van der Waals surface area contributed by atoms with E-state index in [1.54, 1.807) is 0 Å². The minimum absolute atomic E-state index is 0.126. The predicted molar refractivity (Wildman–Crippen MR) is 40.3 cm³/mol. The third kappa shape index (κ3) is 2.94. The first-order valence-electron chi connectivity index (χ1n) is 3.50. The average Bonchev–Trinajstić information content (AvgIpc) is 1.87. The molecule has 0 amide bonds. The van der Waals surface area contributed by atoms with Crippen LogP contribution in [0.3, 0.4) is 0 Å². The van der Waals surface area contributed by atoms with Gasteiger partial charge < -0.3 is 15.6 Å². The van der Waals surface area contributed by atoms with Crippen LogP contribution in [0.1, 0.15) is 26.7 Å². The Kier molecular flexibility index (Phi) is 4.23. The molecule has 0 fully saturated rings. The summed E-state index contributed by atoms with van der Waals surface area (Å²) < 4.78 is 0. The molecule has 0 heterocycles. The molecule has 0 spiro atoms. The van der Waals surface area contributed by atoms with Gasteiger partial charge in [-0.1, -0.05) is 13.3 Å². The molecule has 3 N–H and O–H groups in total. The molecular weight excluding hydrogens is 130 g/mol. The molecule has 0 radical (unpaired) electrons. The Morgan fingerprint density at radius 1 is 1.50 bits per heavy atom. The van der Waals surface area contributed by atoms with E-state index in [9.17, 15) is 0 Å². The zero-order chi connectivity index (χ0) is 8.15. The summed E-state index contributed by atoms with van der Waals surface area (Å²) in [4.78, 5) is 0. The monoisotopic (exact) mass is 145 g/mol. The van der Waals surface area contributed by atoms with Crippen molar-refractivity contribution in [1.29, 1.82) is 5.41 Å². The number of aliphatic hydroxyl groups excluding tert-OH is 2. The highest BCUT2D eigenvalue weighted by Gasteiger charge is 2.16. The van der Waals surface area contributed by atoms with E-state index in [0.29, 0.717) is 6.42 Å². The molecule has 0 saturated heterocycles. The molecule has 0 aromatic carbocycles. The van der Waals surface area contributed by atoms with Crippen LogP contribution in [0, 0.1) is 5.41 Å². The van der Waals surface area contributed by atoms with Gasteiger partial charge in [0.1, 0.15) is 6.10 Å². The van der Waals surface area contributed by atoms with Gasteiger partial charge in [0, 0.05) is 5.71 Å². The van der Waals surface area contributed by atoms with Crippen LogP contribution < -0.4 is 0 Å². The third-order valence-corrected chi connectivity index (χ3v) is 1.39. The second kappa shape index (κ2) is 4.41. The lowest BCUT2D eigenvalue weighted by molar-refractivity contribution is 0.0531. The highest BCUT2D eigenvalue weighted by Crippen LogP contribution is 2.02. The molecule has 0 aliphatic carbocycles. The summed E-state index contributed by atoms with van der Waals surface area (Å²) in [5.41, 5.74) is 0.126. The minimum atomic E-state index is -0.972. The molecule has 3 nitrogen and oxygen atoms in total. The summed E-state index contributed by atoms with van der Waals surface area (Å²) in [6.45, 7) is 3.42. The molecule has 0 saturated carbocycles. The summed E-state index contributed by atoms with van der Waals surface area (Å²) in [6, 6.07) is 0. The maximum absolute atomic E-state index is 9.10. The van der Waals surface area contributed by atoms with E-state index in [1.165, 1.54) is 6.92 Å². The predicted octanol–water partition coefficient (Wildman–Crippen LogP) is 0.548. The van der Waals surface area contributed by atoms with Crippen LogP contribution in [0.25, 0.3) is 0 Å². The van der Waals surface area contributed by atoms with Crippen LogP contribution in [0.4, 0.5) is 0 Å². The Balaban J connectivity index is 3.69. The van der Waals surface area contributed by atoms with Crippen LogP contribution >= 0.6 is 0 Å². The van der Waals surface area contributed by atoms with Crippen molar-refractivity contribution in [2.75, 3.05) is 0 Å². The van der Waals surface area contributed by atoms with E-state index in [4.69, 9.17) is 15.6 Å². The highest BCUT2D eigenvalue weighted by molar-refractivity contribution is 5.83. The van der Waals surface area contributed by atoms with Crippen molar-refractivity contribution < 1.29 is 10.2 Å². The average molecular weight is 145 g/mol. The van der Waals surface area contributed by atoms with Gasteiger partial charge in [-0.05, 0) is 13.3 Å². The third-order valence-electron chi connectivity index (χ3n) is 1.39. The van der Waals surface area contributed by atoms with Crippen LogP contribution in [-0.2, 0) is 0 Å². The van der Waals surface area contributed by atoms with Gasteiger partial charge in [0.25, 0.3) is 0 Å². The molecular formula is C7H15NO2. The van der Waals surface area contributed by atoms with E-state index in [-0.39, 0.29) is 5.71 Å². The Bertz CT molecular complexity index is 114. The fourth-order valence-electron chi connectivity index (χ4n) is 0.742. The van der Waals surface area contributed by atoms with Gasteiger partial charge in [-0.3, -0.25) is 0 Å². The Hall–Kier alpha value is -0.410. The second-order valence-electron chi connectivity index (χ2n) is 2.48. The number of aliphatic hydroxyl groups is 2. The van der Waals surface area contributed by atoms with Crippen molar-refractivity contribution in [3.63, 3.8) is 0 Å². The first-order chi connectivity index (χ1) is 4.59. The molecule has 0 aromatic heterocycles. The van der Waals surface area contributed by atoms with E-state index in [1.807, 2.05) is 6.92 Å². The largest absolute Gasteiger partial charge is 0.390 e. The first kappa shape index (κ1) is 9.59. The number of rotatable bonds is 4. The van der Waals surface area contributed by atoms with Gasteiger partial charge in [-0.25, -0.2) is 0 Å². The summed E-state index contributed by atoms with van der Waals surface area (Å²) in [7, 11) is 0. The van der Waals surface area contributed by atoms with Crippen molar-refractivity contribution in [3.8, 4) is 0 Å². The molecule has 0 bridgehead atoms. The van der Waals surface area contributed by atoms with Crippen molar-refractivity contribution in [3.05, 3.63) is 0 Å². The molecule has 60 valence electrons. The molecule has 2 atom stereocenters. The maximum Gasteiger partial charge on any atom is 0.117 e. The Morgan fingerprint density at radius 2 is 2.00 bits per heavy atom. The Morgan fingerprint density at radius 3 is 2.30 bits per heavy atom. The summed E-state index contributed by atoms with van der Waals surface area (Å²) in [5, 5.41) is 25.1. The molecule has 0 rings (SSSR count). The van der Waals surface area contributed by atoms with Gasteiger partial charge in [0.15, 0.2) is 0 Å². The zero-order valence-electron chi connectivity index (χ0n) is 6.46. The van der Waals surface area contributed by atoms with Crippen molar-refractivity contribution >= 4 is 5.71 Å². The minimum Gasteiger partial charge on any atom is -0.390 e. The first-order valence-corrected chi connectivity index (χ1v) is 3.50. The van der Waals surface area contributed by atoms with E-state index < -0.39 is 12.2 Å². The van der Waals surface area contributed by atoms with Gasteiger partial charge in [0.05, 0.1) is 6.10 Å². The van der Waals surface area contributed by atoms with Crippen LogP contribution in [0.5, 0.6) is 0 Å². The summed E-state index contributed by atoms with van der Waals surface area (Å²) >= 11 is 0. The number of nitrogens with one attached hydrogen (secondary N) is 1. The van der Waals surface area contributed by atoms with E-state index in [0.717, 1.165) is 6.42 Å². The molecule has 0 aliphatic rings. The number of hydrogen-bond acceptors (Lipinski definition) is 3. The maximum atomic E-state index is 9.10. The van der Waals surface area contributed by atoms with Gasteiger partial charge in [0.2, 0.25) is 0 Å². The zero-order valence-corrected chi connectivity index (χ0v) is 6.46. The van der Waals surface area contributed by atoms with Crippen LogP contribution in [0.2, 0.25) is 0 Å². The van der Waals surface area contributed by atoms with Crippen molar-refractivity contribution in [2.45, 2.75) is 38.9 Å². The molecule has 0 aromatic rings. The normalized spacial score (nSPS) is 16.4. The fourth-order valence-corrected chi connectivity index (χ4v) is 0.742. The Labute approximate surface area is 61.2 Å². The molecule has 1 unspecified atom stereocenters. The summed E-state index contributed by atoms with van der Waals surface area (Å²) in [5.74, 6) is 0. The quantitative estimate of drug-likeness (QED) is 0.506. The molecule has 10 heavy (non-hydrogen) atoms. The molecule has 3 heteroatoms. The summed E-state index contributed by atoms with van der Waals surface area (Å²) in [6.07, 6.45) is -0.356. The molecule has 0 aliphatic heterocycles. The fraction of sp³-hybridized carbons (Fsp3) is 0.857. The smallest absolute Gasteiger partial charge is 0.117 e. The van der Waals surface area contributed by atoms with Gasteiger partial charge in [-0.15, -0.1) is 0 Å². The lowest BCUT2D eigenvalue weighted by Gasteiger charge is -2.15. The highest BCUT2D eigenvalue weighted by atomic mass is 16.3. The second-order valence-corrected chi connectivity index (χ2v) is 2.48. The number of hydrogen-bond donors (Lipinski definition) is 3. The van der Waals surface area contributed by atoms with Crippen molar-refractivity contribution in [1.82, 2.24) is 0 Å². The van der Waals surface area contributed by atoms with Crippen LogP contribution in [0.15, 0.2) is 0 Å².